The predicted molar refractivity (Wildman–Crippen MR) is 110 cm³/mol. The van der Waals surface area contributed by atoms with Crippen molar-refractivity contribution in [1.82, 2.24) is 14.9 Å². The standard InChI is InChI=1S/C22H22F3N3O3/c1-12-9-17-18(10-13(12)2)28(21(30)19(27-17)22(23,24)25)14(3)20(29)26-11-15-5-7-16(31-4)8-6-15/h5-10,14H,11H2,1-4H3,(H,26,29)/t14-/m0/s1. The van der Waals surface area contributed by atoms with Gasteiger partial charge in [0, 0.05) is 6.54 Å². The van der Waals surface area contributed by atoms with Crippen molar-refractivity contribution in [1.29, 1.82) is 0 Å². The maximum Gasteiger partial charge on any atom is 0.438 e. The van der Waals surface area contributed by atoms with Crippen LogP contribution in [0.2, 0.25) is 0 Å². The van der Waals surface area contributed by atoms with Crippen molar-refractivity contribution >= 4 is 16.9 Å². The highest BCUT2D eigenvalue weighted by atomic mass is 19.4. The molecule has 0 spiro atoms. The highest BCUT2D eigenvalue weighted by molar-refractivity contribution is 5.84. The van der Waals surface area contributed by atoms with E-state index < -0.39 is 29.4 Å². The van der Waals surface area contributed by atoms with E-state index >= 15 is 0 Å². The molecule has 2 aromatic carbocycles. The van der Waals surface area contributed by atoms with Crippen LogP contribution in [0.15, 0.2) is 41.2 Å². The number of aromatic nitrogens is 2. The van der Waals surface area contributed by atoms with Gasteiger partial charge in [-0.3, -0.25) is 14.2 Å². The van der Waals surface area contributed by atoms with Crippen LogP contribution < -0.4 is 15.6 Å². The first-order valence-corrected chi connectivity index (χ1v) is 9.54. The van der Waals surface area contributed by atoms with Crippen LogP contribution in [0.1, 0.15) is 35.3 Å². The van der Waals surface area contributed by atoms with Gasteiger partial charge < -0.3 is 10.1 Å². The molecule has 1 aromatic heterocycles. The predicted octanol–water partition coefficient (Wildman–Crippen LogP) is 3.92. The zero-order chi connectivity index (χ0) is 22.9. The molecule has 0 aliphatic rings. The van der Waals surface area contributed by atoms with E-state index in [0.29, 0.717) is 5.75 Å². The largest absolute Gasteiger partial charge is 0.497 e. The number of carbonyl (C=O) groups excluding carboxylic acids is 1. The Kier molecular flexibility index (Phi) is 6.06. The third-order valence-corrected chi connectivity index (χ3v) is 5.17. The minimum atomic E-state index is -4.94. The van der Waals surface area contributed by atoms with Gasteiger partial charge in [0.15, 0.2) is 0 Å². The normalized spacial score (nSPS) is 12.6. The Morgan fingerprint density at radius 2 is 1.77 bits per heavy atom. The van der Waals surface area contributed by atoms with Crippen molar-refractivity contribution in [3.63, 3.8) is 0 Å². The van der Waals surface area contributed by atoms with Crippen LogP contribution in [-0.2, 0) is 17.5 Å². The fourth-order valence-electron chi connectivity index (χ4n) is 3.23. The minimum Gasteiger partial charge on any atom is -0.497 e. The SMILES string of the molecule is COc1ccc(CNC(=O)[C@H](C)n2c(=O)c(C(F)(F)F)nc3cc(C)c(C)cc32)cc1. The average molecular weight is 433 g/mol. The quantitative estimate of drug-likeness (QED) is 0.662. The Morgan fingerprint density at radius 3 is 2.35 bits per heavy atom. The summed E-state index contributed by atoms with van der Waals surface area (Å²) >= 11 is 0. The molecule has 0 unspecified atom stereocenters. The summed E-state index contributed by atoms with van der Waals surface area (Å²) < 4.78 is 46.3. The van der Waals surface area contributed by atoms with Gasteiger partial charge in [0.25, 0.3) is 5.56 Å². The Bertz CT molecular complexity index is 1190. The number of ether oxygens (including phenoxy) is 1. The van der Waals surface area contributed by atoms with E-state index in [1.54, 1.807) is 44.2 Å². The molecule has 1 amide bonds. The molecule has 9 heteroatoms. The molecule has 0 aliphatic carbocycles. The maximum atomic E-state index is 13.4. The summed E-state index contributed by atoms with van der Waals surface area (Å²) in [4.78, 5) is 29.0. The number of carbonyl (C=O) groups is 1. The van der Waals surface area contributed by atoms with Crippen molar-refractivity contribution in [3.05, 3.63) is 69.1 Å². The van der Waals surface area contributed by atoms with Crippen molar-refractivity contribution in [2.24, 2.45) is 0 Å². The van der Waals surface area contributed by atoms with E-state index in [0.717, 1.165) is 21.3 Å². The molecule has 164 valence electrons. The Hall–Kier alpha value is -3.36. The smallest absolute Gasteiger partial charge is 0.438 e. The second kappa shape index (κ2) is 8.41. The van der Waals surface area contributed by atoms with Crippen LogP contribution in [0.3, 0.4) is 0 Å². The van der Waals surface area contributed by atoms with Crippen molar-refractivity contribution in [2.45, 2.75) is 39.5 Å². The molecular weight excluding hydrogens is 411 g/mol. The average Bonchev–Trinajstić information content (AvgIpc) is 2.72. The summed E-state index contributed by atoms with van der Waals surface area (Å²) in [7, 11) is 1.54. The summed E-state index contributed by atoms with van der Waals surface area (Å²) in [6.07, 6.45) is -4.94. The lowest BCUT2D eigenvalue weighted by atomic mass is 10.1. The van der Waals surface area contributed by atoms with E-state index in [2.05, 4.69) is 10.3 Å². The van der Waals surface area contributed by atoms with Gasteiger partial charge in [-0.1, -0.05) is 12.1 Å². The van der Waals surface area contributed by atoms with Crippen LogP contribution in [0, 0.1) is 13.8 Å². The van der Waals surface area contributed by atoms with Gasteiger partial charge in [0.05, 0.1) is 18.1 Å². The summed E-state index contributed by atoms with van der Waals surface area (Å²) in [6, 6.07) is 8.85. The van der Waals surface area contributed by atoms with Gasteiger partial charge in [0.1, 0.15) is 11.8 Å². The number of hydrogen-bond acceptors (Lipinski definition) is 4. The van der Waals surface area contributed by atoms with Crippen molar-refractivity contribution < 1.29 is 22.7 Å². The molecule has 3 rings (SSSR count). The Morgan fingerprint density at radius 1 is 1.16 bits per heavy atom. The van der Waals surface area contributed by atoms with Gasteiger partial charge in [-0.15, -0.1) is 0 Å². The van der Waals surface area contributed by atoms with Crippen LogP contribution in [0.5, 0.6) is 5.75 Å². The zero-order valence-corrected chi connectivity index (χ0v) is 17.5. The van der Waals surface area contributed by atoms with E-state index in [1.165, 1.54) is 20.1 Å². The molecule has 0 saturated carbocycles. The first-order valence-electron chi connectivity index (χ1n) is 9.54. The summed E-state index contributed by atoms with van der Waals surface area (Å²) in [5.74, 6) is 0.0698. The second-order valence-corrected chi connectivity index (χ2v) is 7.30. The van der Waals surface area contributed by atoms with E-state index in [-0.39, 0.29) is 17.6 Å². The van der Waals surface area contributed by atoms with Gasteiger partial charge in [-0.2, -0.15) is 13.2 Å². The highest BCUT2D eigenvalue weighted by Crippen LogP contribution is 2.28. The molecule has 3 aromatic rings. The number of hydrogen-bond donors (Lipinski definition) is 1. The second-order valence-electron chi connectivity index (χ2n) is 7.30. The topological polar surface area (TPSA) is 73.2 Å². The fourth-order valence-corrected chi connectivity index (χ4v) is 3.23. The number of fused-ring (bicyclic) bond motifs is 1. The molecule has 1 N–H and O–H groups in total. The van der Waals surface area contributed by atoms with E-state index in [1.807, 2.05) is 0 Å². The molecule has 1 heterocycles. The Labute approximate surface area is 176 Å². The number of methoxy groups -OCH3 is 1. The number of alkyl halides is 3. The van der Waals surface area contributed by atoms with E-state index in [4.69, 9.17) is 4.74 Å². The first kappa shape index (κ1) is 22.3. The number of nitrogens with zero attached hydrogens (tertiary/aromatic N) is 2. The number of halogens is 3. The molecule has 0 aliphatic heterocycles. The van der Waals surface area contributed by atoms with Crippen LogP contribution in [0.25, 0.3) is 11.0 Å². The number of nitrogens with one attached hydrogen (secondary N) is 1. The van der Waals surface area contributed by atoms with Gasteiger partial charge in [-0.25, -0.2) is 4.98 Å². The fraction of sp³-hybridized carbons (Fsp3) is 0.318. The Balaban J connectivity index is 2.00. The zero-order valence-electron chi connectivity index (χ0n) is 17.5. The van der Waals surface area contributed by atoms with Crippen molar-refractivity contribution in [2.75, 3.05) is 7.11 Å². The molecule has 0 radical (unpaired) electrons. The minimum absolute atomic E-state index is 0.00447. The molecule has 0 bridgehead atoms. The lowest BCUT2D eigenvalue weighted by Gasteiger charge is -2.20. The molecular formula is C22H22F3N3O3. The number of aryl methyl sites for hydroxylation is 2. The molecule has 1 atom stereocenters. The molecule has 6 nitrogen and oxygen atoms in total. The molecule has 0 saturated heterocycles. The van der Waals surface area contributed by atoms with Gasteiger partial charge in [-0.05, 0) is 61.7 Å². The highest BCUT2D eigenvalue weighted by Gasteiger charge is 2.38. The summed E-state index contributed by atoms with van der Waals surface area (Å²) in [5.41, 5.74) is -0.440. The van der Waals surface area contributed by atoms with Crippen LogP contribution >= 0.6 is 0 Å². The van der Waals surface area contributed by atoms with Gasteiger partial charge in [0.2, 0.25) is 11.6 Å². The van der Waals surface area contributed by atoms with Crippen LogP contribution in [-0.4, -0.2) is 22.6 Å². The third-order valence-electron chi connectivity index (χ3n) is 5.17. The monoisotopic (exact) mass is 433 g/mol. The first-order chi connectivity index (χ1) is 14.5. The van der Waals surface area contributed by atoms with Gasteiger partial charge >= 0.3 is 6.18 Å². The number of amides is 1. The maximum absolute atomic E-state index is 13.4. The lowest BCUT2D eigenvalue weighted by Crippen LogP contribution is -2.39. The van der Waals surface area contributed by atoms with Crippen LogP contribution in [0.4, 0.5) is 13.2 Å². The summed E-state index contributed by atoms with van der Waals surface area (Å²) in [5, 5.41) is 2.67. The van der Waals surface area contributed by atoms with Crippen molar-refractivity contribution in [3.8, 4) is 5.75 Å². The molecule has 31 heavy (non-hydrogen) atoms. The number of rotatable bonds is 5. The number of benzene rings is 2. The summed E-state index contributed by atoms with van der Waals surface area (Å²) in [6.45, 7) is 5.05. The lowest BCUT2D eigenvalue weighted by molar-refractivity contribution is -0.142. The molecule has 0 fully saturated rings. The van der Waals surface area contributed by atoms with E-state index in [9.17, 15) is 22.8 Å². The third kappa shape index (κ3) is 4.55.